The Labute approximate surface area is 133 Å². The van der Waals surface area contributed by atoms with Crippen molar-refractivity contribution in [3.8, 4) is 5.75 Å². The molecule has 0 saturated heterocycles. The Morgan fingerprint density at radius 2 is 1.71 bits per heavy atom. The number of carbonyl (C=O) groups is 1. The fourth-order valence-corrected chi connectivity index (χ4v) is 2.70. The number of benzene rings is 1. The van der Waals surface area contributed by atoms with E-state index in [0.29, 0.717) is 10.8 Å². The van der Waals surface area contributed by atoms with E-state index < -0.39 is 6.10 Å². The van der Waals surface area contributed by atoms with Crippen molar-refractivity contribution in [3.63, 3.8) is 0 Å². The number of ether oxygens (including phenoxy) is 1. The van der Waals surface area contributed by atoms with Crippen molar-refractivity contribution in [1.29, 1.82) is 0 Å². The molecule has 0 heterocycles. The molecule has 1 amide bonds. The molecule has 21 heavy (non-hydrogen) atoms. The molecular formula is C17H26ClNO2. The second kappa shape index (κ2) is 6.69. The average molecular weight is 312 g/mol. The van der Waals surface area contributed by atoms with E-state index in [1.165, 1.54) is 0 Å². The van der Waals surface area contributed by atoms with Gasteiger partial charge < -0.3 is 10.1 Å². The van der Waals surface area contributed by atoms with Gasteiger partial charge in [0.05, 0.1) is 0 Å². The second-order valence-corrected chi connectivity index (χ2v) is 7.76. The Balaban J connectivity index is 2.60. The summed E-state index contributed by atoms with van der Waals surface area (Å²) in [5, 5.41) is 3.70. The predicted molar refractivity (Wildman–Crippen MR) is 87.8 cm³/mol. The summed E-state index contributed by atoms with van der Waals surface area (Å²) >= 11 is 5.82. The Morgan fingerprint density at radius 3 is 2.19 bits per heavy atom. The van der Waals surface area contributed by atoms with E-state index >= 15 is 0 Å². The van der Waals surface area contributed by atoms with Crippen LogP contribution in [0.2, 0.25) is 5.02 Å². The largest absolute Gasteiger partial charge is 0.481 e. The summed E-state index contributed by atoms with van der Waals surface area (Å²) < 4.78 is 5.64. The van der Waals surface area contributed by atoms with Gasteiger partial charge in [-0.3, -0.25) is 4.79 Å². The molecule has 0 unspecified atom stereocenters. The highest BCUT2D eigenvalue weighted by molar-refractivity contribution is 6.30. The highest BCUT2D eigenvalue weighted by atomic mass is 35.5. The first-order valence-electron chi connectivity index (χ1n) is 7.23. The lowest BCUT2D eigenvalue weighted by Crippen LogP contribution is -2.50. The summed E-state index contributed by atoms with van der Waals surface area (Å²) in [7, 11) is 0. The molecule has 0 spiro atoms. The molecule has 4 heteroatoms. The molecule has 0 radical (unpaired) electrons. The molecule has 1 N–H and O–H groups in total. The quantitative estimate of drug-likeness (QED) is 0.873. The smallest absolute Gasteiger partial charge is 0.261 e. The number of amides is 1. The summed E-state index contributed by atoms with van der Waals surface area (Å²) in [6.07, 6.45) is 0.338. The zero-order valence-corrected chi connectivity index (χ0v) is 14.5. The van der Waals surface area contributed by atoms with Crippen molar-refractivity contribution in [2.75, 3.05) is 0 Å². The molecule has 0 aliphatic rings. The molecule has 0 saturated carbocycles. The Hall–Kier alpha value is -1.22. The van der Waals surface area contributed by atoms with Crippen LogP contribution in [-0.4, -0.2) is 17.6 Å². The topological polar surface area (TPSA) is 38.3 Å². The zero-order chi connectivity index (χ0) is 16.3. The number of halogens is 1. The lowest BCUT2D eigenvalue weighted by atomic mass is 9.81. The fourth-order valence-electron chi connectivity index (χ4n) is 2.58. The number of rotatable bonds is 5. The molecular weight excluding hydrogens is 286 g/mol. The van der Waals surface area contributed by atoms with Crippen LogP contribution in [0, 0.1) is 5.41 Å². The highest BCUT2D eigenvalue weighted by Gasteiger charge is 2.29. The van der Waals surface area contributed by atoms with Gasteiger partial charge in [-0.25, -0.2) is 0 Å². The number of hydrogen-bond acceptors (Lipinski definition) is 2. The fraction of sp³-hybridized carbons (Fsp3) is 0.588. The minimum atomic E-state index is -0.551. The maximum Gasteiger partial charge on any atom is 0.261 e. The molecule has 0 bridgehead atoms. The van der Waals surface area contributed by atoms with Gasteiger partial charge in [-0.15, -0.1) is 0 Å². The van der Waals surface area contributed by atoms with E-state index in [1.807, 2.05) is 13.8 Å². The highest BCUT2D eigenvalue weighted by Crippen LogP contribution is 2.27. The maximum atomic E-state index is 12.3. The summed E-state index contributed by atoms with van der Waals surface area (Å²) in [6, 6.07) is 6.99. The van der Waals surface area contributed by atoms with Gasteiger partial charge in [0.2, 0.25) is 0 Å². The molecule has 1 aromatic rings. The molecule has 1 aromatic carbocycles. The van der Waals surface area contributed by atoms with E-state index in [0.717, 1.165) is 6.42 Å². The first-order valence-corrected chi connectivity index (χ1v) is 7.61. The normalized spacial score (nSPS) is 13.7. The lowest BCUT2D eigenvalue weighted by molar-refractivity contribution is -0.129. The van der Waals surface area contributed by atoms with Crippen LogP contribution in [0.3, 0.4) is 0 Å². The summed E-state index contributed by atoms with van der Waals surface area (Å²) in [5.41, 5.74) is -0.121. The van der Waals surface area contributed by atoms with Crippen LogP contribution >= 0.6 is 11.6 Å². The van der Waals surface area contributed by atoms with Gasteiger partial charge in [-0.1, -0.05) is 32.4 Å². The van der Waals surface area contributed by atoms with Crippen LogP contribution in [0.5, 0.6) is 5.75 Å². The molecule has 0 fully saturated rings. The van der Waals surface area contributed by atoms with Gasteiger partial charge in [0, 0.05) is 10.6 Å². The van der Waals surface area contributed by atoms with Crippen LogP contribution in [0.4, 0.5) is 0 Å². The average Bonchev–Trinajstić information content (AvgIpc) is 2.28. The number of hydrogen-bond donors (Lipinski definition) is 1. The number of nitrogens with one attached hydrogen (secondary N) is 1. The minimum Gasteiger partial charge on any atom is -0.481 e. The summed E-state index contributed by atoms with van der Waals surface area (Å²) in [5.74, 6) is 0.523. The third-order valence-corrected chi connectivity index (χ3v) is 3.18. The van der Waals surface area contributed by atoms with Crippen LogP contribution < -0.4 is 10.1 Å². The SMILES string of the molecule is C[C@H](Oc1ccc(Cl)cc1)C(=O)NC(C)(C)CC(C)(C)C. The second-order valence-electron chi connectivity index (χ2n) is 7.32. The van der Waals surface area contributed by atoms with Gasteiger partial charge in [-0.2, -0.15) is 0 Å². The molecule has 0 aliphatic heterocycles. The van der Waals surface area contributed by atoms with Crippen molar-refractivity contribution in [2.45, 2.75) is 59.6 Å². The standard InChI is InChI=1S/C17H26ClNO2/c1-12(21-14-9-7-13(18)8-10-14)15(20)19-17(5,6)11-16(2,3)4/h7-10,12H,11H2,1-6H3,(H,19,20)/t12-/m0/s1. The Kier molecular flexibility index (Phi) is 5.68. The molecule has 1 atom stereocenters. The zero-order valence-electron chi connectivity index (χ0n) is 13.8. The van der Waals surface area contributed by atoms with Gasteiger partial charge in [0.15, 0.2) is 6.10 Å². The summed E-state index contributed by atoms with van der Waals surface area (Å²) in [4.78, 5) is 12.3. The molecule has 118 valence electrons. The van der Waals surface area contributed by atoms with Crippen molar-refractivity contribution in [2.24, 2.45) is 5.41 Å². The molecule has 1 rings (SSSR count). The van der Waals surface area contributed by atoms with E-state index in [9.17, 15) is 4.79 Å². The van der Waals surface area contributed by atoms with Crippen molar-refractivity contribution in [1.82, 2.24) is 5.32 Å². The van der Waals surface area contributed by atoms with Crippen LogP contribution in [-0.2, 0) is 4.79 Å². The van der Waals surface area contributed by atoms with Gasteiger partial charge in [0.1, 0.15) is 5.75 Å². The first kappa shape index (κ1) is 17.8. The predicted octanol–water partition coefficient (Wildman–Crippen LogP) is 4.44. The van der Waals surface area contributed by atoms with E-state index in [-0.39, 0.29) is 16.9 Å². The maximum absolute atomic E-state index is 12.3. The lowest BCUT2D eigenvalue weighted by Gasteiger charge is -2.34. The van der Waals surface area contributed by atoms with Crippen molar-refractivity contribution in [3.05, 3.63) is 29.3 Å². The van der Waals surface area contributed by atoms with Crippen LogP contribution in [0.15, 0.2) is 24.3 Å². The van der Waals surface area contributed by atoms with Gasteiger partial charge in [0.25, 0.3) is 5.91 Å². The number of carbonyl (C=O) groups excluding carboxylic acids is 1. The Morgan fingerprint density at radius 1 is 1.19 bits per heavy atom. The van der Waals surface area contributed by atoms with E-state index in [2.05, 4.69) is 26.1 Å². The third-order valence-electron chi connectivity index (χ3n) is 2.93. The van der Waals surface area contributed by atoms with E-state index in [4.69, 9.17) is 16.3 Å². The van der Waals surface area contributed by atoms with E-state index in [1.54, 1.807) is 31.2 Å². The third kappa shape index (κ3) is 6.85. The van der Waals surface area contributed by atoms with Crippen molar-refractivity contribution < 1.29 is 9.53 Å². The molecule has 3 nitrogen and oxygen atoms in total. The first-order chi connectivity index (χ1) is 9.48. The van der Waals surface area contributed by atoms with Gasteiger partial charge in [-0.05, 0) is 56.9 Å². The summed E-state index contributed by atoms with van der Waals surface area (Å²) in [6.45, 7) is 12.3. The van der Waals surface area contributed by atoms with Gasteiger partial charge >= 0.3 is 0 Å². The van der Waals surface area contributed by atoms with Crippen LogP contribution in [0.1, 0.15) is 48.0 Å². The minimum absolute atomic E-state index is 0.112. The van der Waals surface area contributed by atoms with Crippen molar-refractivity contribution >= 4 is 17.5 Å². The molecule has 0 aliphatic carbocycles. The van der Waals surface area contributed by atoms with Crippen LogP contribution in [0.25, 0.3) is 0 Å². The molecule has 0 aromatic heterocycles. The Bertz CT molecular complexity index is 475. The monoisotopic (exact) mass is 311 g/mol.